The smallest absolute Gasteiger partial charge is 0.296 e. The zero-order chi connectivity index (χ0) is 23.8. The molecule has 1 saturated heterocycles. The van der Waals surface area contributed by atoms with Crippen LogP contribution in [0.4, 0.5) is 0 Å². The number of carbonyl (C=O) groups is 2. The van der Waals surface area contributed by atoms with Gasteiger partial charge in [0.25, 0.3) is 11.7 Å². The minimum atomic E-state index is -0.767. The second-order valence-electron chi connectivity index (χ2n) is 8.48. The number of hydrogen-bond donors (Lipinski definition) is 1. The van der Waals surface area contributed by atoms with Crippen molar-refractivity contribution in [2.24, 2.45) is 0 Å². The van der Waals surface area contributed by atoms with Crippen LogP contribution in [-0.4, -0.2) is 39.9 Å². The van der Waals surface area contributed by atoms with E-state index in [-0.39, 0.29) is 24.0 Å². The fraction of sp³-hybridized carbons (Fsp3) is 0.222. The Morgan fingerprint density at radius 2 is 1.94 bits per heavy atom. The predicted molar refractivity (Wildman–Crippen MR) is 125 cm³/mol. The maximum Gasteiger partial charge on any atom is 0.296 e. The van der Waals surface area contributed by atoms with Crippen LogP contribution in [0.5, 0.6) is 11.5 Å². The third kappa shape index (κ3) is 3.79. The van der Waals surface area contributed by atoms with Crippen LogP contribution in [0, 0.1) is 0 Å². The van der Waals surface area contributed by atoms with Gasteiger partial charge in [0.1, 0.15) is 23.4 Å². The molecule has 2 aromatic carbocycles. The summed E-state index contributed by atoms with van der Waals surface area (Å²) in [6.45, 7) is 2.11. The Bertz CT molecular complexity index is 1280. The van der Waals surface area contributed by atoms with Gasteiger partial charge in [-0.3, -0.25) is 14.6 Å². The fourth-order valence-corrected chi connectivity index (χ4v) is 4.57. The molecule has 1 fully saturated rings. The molecule has 0 aliphatic carbocycles. The summed E-state index contributed by atoms with van der Waals surface area (Å²) in [6, 6.07) is 17.1. The van der Waals surface area contributed by atoms with Gasteiger partial charge in [-0.25, -0.2) is 0 Å². The standard InChI is InChI=1S/C27H24N2O5/c1-16-13-19-14-18(8-11-22(19)34-16)25(30)23-24(17-6-9-21(33-2)10-7-17)29(27(32)26(23)31)15-20-5-3-4-12-28-20/h3-12,14,16,24,30H,13,15H2,1-2H3/b25-23-. The molecule has 172 valence electrons. The lowest BCUT2D eigenvalue weighted by Gasteiger charge is -2.25. The molecule has 0 radical (unpaired) electrons. The molecule has 0 saturated carbocycles. The van der Waals surface area contributed by atoms with E-state index < -0.39 is 17.7 Å². The Morgan fingerprint density at radius 3 is 2.65 bits per heavy atom. The summed E-state index contributed by atoms with van der Waals surface area (Å²) in [5.41, 5.74) is 2.83. The van der Waals surface area contributed by atoms with Crippen LogP contribution in [0.1, 0.15) is 35.3 Å². The van der Waals surface area contributed by atoms with E-state index in [1.54, 1.807) is 61.8 Å². The zero-order valence-corrected chi connectivity index (χ0v) is 18.9. The van der Waals surface area contributed by atoms with Crippen molar-refractivity contribution in [1.29, 1.82) is 0 Å². The van der Waals surface area contributed by atoms with Crippen molar-refractivity contribution in [2.45, 2.75) is 32.0 Å². The maximum atomic E-state index is 13.2. The number of aliphatic hydroxyl groups excluding tert-OH is 1. The molecule has 3 aromatic rings. The van der Waals surface area contributed by atoms with Gasteiger partial charge in [0.05, 0.1) is 31.0 Å². The first kappa shape index (κ1) is 21.7. The highest BCUT2D eigenvalue weighted by atomic mass is 16.5. The number of methoxy groups -OCH3 is 1. The molecular formula is C27H24N2O5. The van der Waals surface area contributed by atoms with Crippen molar-refractivity contribution in [3.05, 3.63) is 94.8 Å². The van der Waals surface area contributed by atoms with E-state index in [2.05, 4.69) is 4.98 Å². The number of benzene rings is 2. The third-order valence-electron chi connectivity index (χ3n) is 6.20. The lowest BCUT2D eigenvalue weighted by atomic mass is 9.94. The number of rotatable bonds is 5. The molecule has 7 heteroatoms. The Kier molecular flexibility index (Phi) is 5.53. The molecule has 2 aliphatic heterocycles. The Balaban J connectivity index is 1.62. The normalized spacial score (nSPS) is 20.8. The van der Waals surface area contributed by atoms with Crippen LogP contribution in [0.3, 0.4) is 0 Å². The highest BCUT2D eigenvalue weighted by Gasteiger charge is 2.46. The quantitative estimate of drug-likeness (QED) is 0.354. The van der Waals surface area contributed by atoms with Gasteiger partial charge in [0.2, 0.25) is 0 Å². The Labute approximate surface area is 197 Å². The zero-order valence-electron chi connectivity index (χ0n) is 18.9. The number of carbonyl (C=O) groups excluding carboxylic acids is 2. The number of aromatic nitrogens is 1. The molecule has 7 nitrogen and oxygen atoms in total. The summed E-state index contributed by atoms with van der Waals surface area (Å²) in [4.78, 5) is 32.2. The van der Waals surface area contributed by atoms with Crippen LogP contribution in [-0.2, 0) is 22.6 Å². The Morgan fingerprint density at radius 1 is 1.15 bits per heavy atom. The van der Waals surface area contributed by atoms with E-state index in [9.17, 15) is 14.7 Å². The molecular weight excluding hydrogens is 432 g/mol. The Hall–Kier alpha value is -4.13. The molecule has 1 aromatic heterocycles. The molecule has 1 amide bonds. The average Bonchev–Trinajstić information content (AvgIpc) is 3.35. The van der Waals surface area contributed by atoms with E-state index in [0.29, 0.717) is 29.0 Å². The van der Waals surface area contributed by atoms with Crippen molar-refractivity contribution < 1.29 is 24.2 Å². The van der Waals surface area contributed by atoms with Crippen molar-refractivity contribution >= 4 is 17.4 Å². The number of nitrogens with zero attached hydrogens (tertiary/aromatic N) is 2. The molecule has 3 heterocycles. The first-order valence-electron chi connectivity index (χ1n) is 11.1. The van der Waals surface area contributed by atoms with E-state index in [0.717, 1.165) is 11.3 Å². The number of ether oxygens (including phenoxy) is 2. The van der Waals surface area contributed by atoms with Crippen LogP contribution >= 0.6 is 0 Å². The van der Waals surface area contributed by atoms with E-state index in [1.807, 2.05) is 19.1 Å². The van der Waals surface area contributed by atoms with Crippen LogP contribution in [0.2, 0.25) is 0 Å². The maximum absolute atomic E-state index is 13.2. The number of pyridine rings is 1. The second-order valence-corrected chi connectivity index (χ2v) is 8.48. The first-order valence-corrected chi connectivity index (χ1v) is 11.1. The number of aliphatic hydroxyl groups is 1. The number of amides is 1. The minimum Gasteiger partial charge on any atom is -0.507 e. The van der Waals surface area contributed by atoms with Crippen molar-refractivity contribution in [1.82, 2.24) is 9.88 Å². The van der Waals surface area contributed by atoms with Crippen LogP contribution in [0.25, 0.3) is 5.76 Å². The highest BCUT2D eigenvalue weighted by molar-refractivity contribution is 6.46. The van der Waals surface area contributed by atoms with E-state index in [4.69, 9.17) is 9.47 Å². The van der Waals surface area contributed by atoms with Crippen molar-refractivity contribution in [3.8, 4) is 11.5 Å². The summed E-state index contributed by atoms with van der Waals surface area (Å²) in [5, 5.41) is 11.3. The molecule has 0 bridgehead atoms. The molecule has 34 heavy (non-hydrogen) atoms. The molecule has 5 rings (SSSR count). The van der Waals surface area contributed by atoms with Crippen molar-refractivity contribution in [2.75, 3.05) is 7.11 Å². The van der Waals surface area contributed by atoms with Gasteiger partial charge in [-0.1, -0.05) is 18.2 Å². The van der Waals surface area contributed by atoms with Gasteiger partial charge in [0, 0.05) is 18.2 Å². The molecule has 2 unspecified atom stereocenters. The predicted octanol–water partition coefficient (Wildman–Crippen LogP) is 4.04. The van der Waals surface area contributed by atoms with Gasteiger partial charge in [0.15, 0.2) is 0 Å². The summed E-state index contributed by atoms with van der Waals surface area (Å²) >= 11 is 0. The average molecular weight is 456 g/mol. The topological polar surface area (TPSA) is 89.0 Å². The highest BCUT2D eigenvalue weighted by Crippen LogP contribution is 2.41. The van der Waals surface area contributed by atoms with Gasteiger partial charge in [-0.2, -0.15) is 0 Å². The number of Topliss-reactive ketones (excluding diaryl/α,β-unsaturated/α-hetero) is 1. The third-order valence-corrected chi connectivity index (χ3v) is 6.20. The minimum absolute atomic E-state index is 0.0515. The van der Waals surface area contributed by atoms with Crippen molar-refractivity contribution in [3.63, 3.8) is 0 Å². The van der Waals surface area contributed by atoms with Gasteiger partial charge < -0.3 is 19.5 Å². The first-order chi connectivity index (χ1) is 16.5. The number of hydrogen-bond acceptors (Lipinski definition) is 6. The summed E-state index contributed by atoms with van der Waals surface area (Å²) in [7, 11) is 1.57. The monoisotopic (exact) mass is 456 g/mol. The SMILES string of the molecule is COc1ccc(C2/C(=C(/O)c3ccc4c(c3)CC(C)O4)C(=O)C(=O)N2Cc2ccccn2)cc1. The molecule has 2 aliphatic rings. The van der Waals surface area contributed by atoms with Gasteiger partial charge >= 0.3 is 0 Å². The summed E-state index contributed by atoms with van der Waals surface area (Å²) in [5.74, 6) is -0.180. The summed E-state index contributed by atoms with van der Waals surface area (Å²) in [6.07, 6.45) is 2.41. The van der Waals surface area contributed by atoms with Crippen LogP contribution < -0.4 is 9.47 Å². The number of fused-ring (bicyclic) bond motifs is 1. The number of ketones is 1. The largest absolute Gasteiger partial charge is 0.507 e. The number of likely N-dealkylation sites (tertiary alicyclic amines) is 1. The lowest BCUT2D eigenvalue weighted by Crippen LogP contribution is -2.29. The summed E-state index contributed by atoms with van der Waals surface area (Å²) < 4.78 is 11.0. The van der Waals surface area contributed by atoms with E-state index in [1.165, 1.54) is 4.90 Å². The fourth-order valence-electron chi connectivity index (χ4n) is 4.57. The molecule has 0 spiro atoms. The van der Waals surface area contributed by atoms with Gasteiger partial charge in [-0.15, -0.1) is 0 Å². The van der Waals surface area contributed by atoms with Crippen LogP contribution in [0.15, 0.2) is 72.4 Å². The lowest BCUT2D eigenvalue weighted by molar-refractivity contribution is -0.140. The van der Waals surface area contributed by atoms with Gasteiger partial charge in [-0.05, 0) is 60.5 Å². The molecule has 2 atom stereocenters. The van der Waals surface area contributed by atoms with E-state index >= 15 is 0 Å². The molecule has 1 N–H and O–H groups in total. The second kappa shape index (κ2) is 8.67.